The van der Waals surface area contributed by atoms with E-state index in [0.29, 0.717) is 15.6 Å². The lowest BCUT2D eigenvalue weighted by Crippen LogP contribution is -2.69. The lowest BCUT2D eigenvalue weighted by molar-refractivity contribution is -0.163. The Labute approximate surface area is 173 Å². The molecule has 1 unspecified atom stereocenters. The van der Waals surface area contributed by atoms with Crippen LogP contribution in [0.3, 0.4) is 0 Å². The second-order valence-electron chi connectivity index (χ2n) is 7.16. The van der Waals surface area contributed by atoms with Crippen molar-refractivity contribution in [1.82, 2.24) is 9.80 Å². The molecular weight excluding hydrogens is 413 g/mol. The number of halogens is 2. The number of carbonyl (C=O) groups excluding carboxylic acids is 2. The second kappa shape index (κ2) is 5.96. The number of benzene rings is 1. The van der Waals surface area contributed by atoms with Gasteiger partial charge in [0.1, 0.15) is 0 Å². The van der Waals surface area contributed by atoms with E-state index in [4.69, 9.17) is 23.2 Å². The van der Waals surface area contributed by atoms with Gasteiger partial charge in [0.05, 0.1) is 27.6 Å². The van der Waals surface area contributed by atoms with Gasteiger partial charge in [-0.05, 0) is 31.5 Å². The van der Waals surface area contributed by atoms with Gasteiger partial charge in [-0.1, -0.05) is 29.3 Å². The lowest BCUT2D eigenvalue weighted by atomic mass is 9.79. The van der Waals surface area contributed by atoms with Gasteiger partial charge in [0.2, 0.25) is 0 Å². The molecule has 1 aromatic carbocycles. The minimum Gasteiger partial charge on any atom is -0.320 e. The van der Waals surface area contributed by atoms with E-state index in [0.717, 1.165) is 0 Å². The van der Waals surface area contributed by atoms with Crippen molar-refractivity contribution in [2.24, 2.45) is 5.41 Å². The van der Waals surface area contributed by atoms with Crippen LogP contribution in [0.4, 0.5) is 0 Å². The van der Waals surface area contributed by atoms with E-state index in [1.165, 1.54) is 16.8 Å². The van der Waals surface area contributed by atoms with E-state index in [1.54, 1.807) is 32.0 Å². The first-order valence-corrected chi connectivity index (χ1v) is 9.48. The molecule has 0 saturated carbocycles. The highest BCUT2D eigenvalue weighted by Gasteiger charge is 2.68. The predicted molar refractivity (Wildman–Crippen MR) is 106 cm³/mol. The maximum Gasteiger partial charge on any atom is 0.260 e. The van der Waals surface area contributed by atoms with Crippen LogP contribution >= 0.6 is 48.5 Å². The zero-order valence-corrected chi connectivity index (χ0v) is 17.6. The summed E-state index contributed by atoms with van der Waals surface area (Å²) in [4.78, 5) is 26.2. The van der Waals surface area contributed by atoms with Crippen LogP contribution in [0.2, 0.25) is 10.0 Å². The van der Waals surface area contributed by atoms with Crippen molar-refractivity contribution in [2.75, 3.05) is 7.05 Å². The Morgan fingerprint density at radius 3 is 2.35 bits per heavy atom. The average molecular weight is 430 g/mol. The third-order valence-corrected chi connectivity index (χ3v) is 7.11. The predicted octanol–water partition coefficient (Wildman–Crippen LogP) is 3.54. The number of likely N-dealkylation sites (N-methyl/N-ethyl adjacent to an activating group) is 1. The van der Waals surface area contributed by atoms with E-state index in [2.05, 4.69) is 31.3 Å². The standard InChI is InChI=1S/C17H17Cl2N3O2S2/c1-15(8-20)7-17(26)14(24)21(3)16(2,25)13(23)22(17)12(15)9-4-5-10(18)11(19)6-9/h4-6,12,25-26H,7H2,1-3H3/t12-,15+,16?,17+/m0/s1. The molecule has 138 valence electrons. The first kappa shape index (κ1) is 19.7. The quantitative estimate of drug-likeness (QED) is 0.670. The molecule has 3 rings (SSSR count). The smallest absolute Gasteiger partial charge is 0.260 e. The third-order valence-electron chi connectivity index (χ3n) is 5.31. The number of rotatable bonds is 1. The normalized spacial score (nSPS) is 36.9. The van der Waals surface area contributed by atoms with Crippen LogP contribution in [0.1, 0.15) is 31.9 Å². The highest BCUT2D eigenvalue weighted by atomic mass is 35.5. The Bertz CT molecular complexity index is 872. The van der Waals surface area contributed by atoms with Crippen molar-refractivity contribution in [3.05, 3.63) is 33.8 Å². The van der Waals surface area contributed by atoms with E-state index >= 15 is 0 Å². The summed E-state index contributed by atoms with van der Waals surface area (Å²) in [5, 5.41) is 10.6. The fraction of sp³-hybridized carbons (Fsp3) is 0.471. The summed E-state index contributed by atoms with van der Waals surface area (Å²) in [5.74, 6) is -0.769. The molecule has 1 aromatic rings. The van der Waals surface area contributed by atoms with Crippen molar-refractivity contribution < 1.29 is 9.59 Å². The molecule has 2 saturated heterocycles. The molecule has 2 aliphatic heterocycles. The zero-order chi connectivity index (χ0) is 19.7. The molecule has 2 aliphatic rings. The number of nitriles is 1. The first-order chi connectivity index (χ1) is 11.9. The second-order valence-corrected chi connectivity index (χ2v) is 9.58. The number of carbonyl (C=O) groups is 2. The summed E-state index contributed by atoms with van der Waals surface area (Å²) in [6.07, 6.45) is 0.0866. The molecule has 26 heavy (non-hydrogen) atoms. The maximum atomic E-state index is 13.3. The molecule has 0 radical (unpaired) electrons. The molecule has 0 spiro atoms. The van der Waals surface area contributed by atoms with Crippen LogP contribution in [0.5, 0.6) is 0 Å². The van der Waals surface area contributed by atoms with Crippen molar-refractivity contribution in [3.8, 4) is 6.07 Å². The Morgan fingerprint density at radius 1 is 1.19 bits per heavy atom. The lowest BCUT2D eigenvalue weighted by Gasteiger charge is -2.50. The van der Waals surface area contributed by atoms with E-state index in [9.17, 15) is 14.9 Å². The van der Waals surface area contributed by atoms with Gasteiger partial charge < -0.3 is 9.80 Å². The first-order valence-electron chi connectivity index (χ1n) is 7.83. The zero-order valence-electron chi connectivity index (χ0n) is 14.3. The summed E-state index contributed by atoms with van der Waals surface area (Å²) in [6, 6.07) is 6.50. The van der Waals surface area contributed by atoms with Gasteiger partial charge in [-0.25, -0.2) is 0 Å². The number of nitrogens with zero attached hydrogens (tertiary/aromatic N) is 3. The van der Waals surface area contributed by atoms with Crippen LogP contribution in [-0.2, 0) is 9.59 Å². The average Bonchev–Trinajstić information content (AvgIpc) is 2.83. The van der Waals surface area contributed by atoms with E-state index in [-0.39, 0.29) is 12.3 Å². The topological polar surface area (TPSA) is 64.4 Å². The molecule has 4 atom stereocenters. The van der Waals surface area contributed by atoms with Crippen molar-refractivity contribution >= 4 is 60.3 Å². The molecule has 0 bridgehead atoms. The van der Waals surface area contributed by atoms with Crippen LogP contribution in [-0.4, -0.2) is 38.4 Å². The van der Waals surface area contributed by atoms with Gasteiger partial charge in [-0.2, -0.15) is 5.26 Å². The minimum absolute atomic E-state index is 0.0866. The summed E-state index contributed by atoms with van der Waals surface area (Å²) < 4.78 is 0. The number of piperazine rings is 1. The number of thiol groups is 2. The van der Waals surface area contributed by atoms with Crippen LogP contribution < -0.4 is 0 Å². The monoisotopic (exact) mass is 429 g/mol. The molecule has 0 aromatic heterocycles. The summed E-state index contributed by atoms with van der Waals surface area (Å²) >= 11 is 21.2. The van der Waals surface area contributed by atoms with Gasteiger partial charge in [0, 0.05) is 13.5 Å². The highest BCUT2D eigenvalue weighted by molar-refractivity contribution is 7.83. The van der Waals surface area contributed by atoms with Crippen molar-refractivity contribution in [3.63, 3.8) is 0 Å². The van der Waals surface area contributed by atoms with Crippen LogP contribution in [0.15, 0.2) is 18.2 Å². The number of amides is 2. The molecule has 5 nitrogen and oxygen atoms in total. The summed E-state index contributed by atoms with van der Waals surface area (Å²) in [7, 11) is 1.51. The van der Waals surface area contributed by atoms with Gasteiger partial charge in [0.15, 0.2) is 9.74 Å². The Hall–Kier alpha value is -1.07. The molecule has 2 amide bonds. The van der Waals surface area contributed by atoms with Crippen LogP contribution in [0, 0.1) is 16.7 Å². The van der Waals surface area contributed by atoms with E-state index < -0.39 is 27.1 Å². The maximum absolute atomic E-state index is 13.3. The summed E-state index contributed by atoms with van der Waals surface area (Å²) in [6.45, 7) is 3.27. The Kier molecular flexibility index (Phi) is 4.52. The largest absolute Gasteiger partial charge is 0.320 e. The summed E-state index contributed by atoms with van der Waals surface area (Å²) in [5.41, 5.74) is -0.423. The molecule has 2 fully saturated rings. The van der Waals surface area contributed by atoms with E-state index in [1.807, 2.05) is 0 Å². The Morgan fingerprint density at radius 2 is 1.81 bits per heavy atom. The van der Waals surface area contributed by atoms with Crippen LogP contribution in [0.25, 0.3) is 0 Å². The highest BCUT2D eigenvalue weighted by Crippen LogP contribution is 2.59. The number of hydrogen-bond acceptors (Lipinski definition) is 5. The van der Waals surface area contributed by atoms with Gasteiger partial charge in [-0.15, -0.1) is 25.3 Å². The molecule has 0 N–H and O–H groups in total. The molecule has 2 heterocycles. The minimum atomic E-state index is -1.44. The van der Waals surface area contributed by atoms with Gasteiger partial charge >= 0.3 is 0 Å². The number of fused-ring (bicyclic) bond motifs is 1. The fourth-order valence-corrected chi connectivity index (χ4v) is 4.98. The Balaban J connectivity index is 2.25. The van der Waals surface area contributed by atoms with Crippen molar-refractivity contribution in [2.45, 2.75) is 36.1 Å². The SMILES string of the molecule is CN1C(=O)[C@]2(S)C[C@](C)(C#N)[C@H](c3ccc(Cl)c(Cl)c3)N2C(=O)C1(C)S. The molecule has 9 heteroatoms. The third kappa shape index (κ3) is 2.46. The van der Waals surface area contributed by atoms with Gasteiger partial charge in [0.25, 0.3) is 11.8 Å². The molecular formula is C17H17Cl2N3O2S2. The van der Waals surface area contributed by atoms with Gasteiger partial charge in [-0.3, -0.25) is 9.59 Å². The number of hydrogen-bond donors (Lipinski definition) is 2. The molecule has 0 aliphatic carbocycles. The fourth-order valence-electron chi connectivity index (χ4n) is 3.79. The van der Waals surface area contributed by atoms with Crippen molar-refractivity contribution in [1.29, 1.82) is 5.26 Å².